The molecule has 0 saturated carbocycles. The van der Waals surface area contributed by atoms with Gasteiger partial charge in [0.05, 0.1) is 13.2 Å². The van der Waals surface area contributed by atoms with Crippen LogP contribution in [0.1, 0.15) is 11.1 Å². The van der Waals surface area contributed by atoms with Gasteiger partial charge in [0.2, 0.25) is 5.91 Å². The average Bonchev–Trinajstić information content (AvgIpc) is 2.88. The molecule has 1 aliphatic heterocycles. The fourth-order valence-corrected chi connectivity index (χ4v) is 3.23. The van der Waals surface area contributed by atoms with Crippen molar-refractivity contribution in [2.24, 2.45) is 0 Å². The smallest absolute Gasteiger partial charge is 0.242 e. The molecule has 1 saturated heterocycles. The zero-order valence-corrected chi connectivity index (χ0v) is 13.8. The minimum atomic E-state index is -0.129. The molecule has 20 heavy (non-hydrogen) atoms. The van der Waals surface area contributed by atoms with Gasteiger partial charge in [-0.15, -0.1) is 11.6 Å². The summed E-state index contributed by atoms with van der Waals surface area (Å²) in [5.74, 6) is -0.182. The van der Waals surface area contributed by atoms with Crippen LogP contribution < -0.4 is 4.90 Å². The molecule has 6 heteroatoms. The number of anilines is 1. The molecular formula is C14H17BrClNO3. The van der Waals surface area contributed by atoms with Crippen LogP contribution in [-0.4, -0.2) is 37.8 Å². The highest BCUT2D eigenvalue weighted by atomic mass is 79.9. The van der Waals surface area contributed by atoms with E-state index in [1.54, 1.807) is 4.90 Å². The molecule has 0 aromatic heterocycles. The minimum absolute atomic E-state index is 0.0531. The minimum Gasteiger partial charge on any atom is -0.353 e. The molecule has 0 aliphatic carbocycles. The Kier molecular flexibility index (Phi) is 5.43. The number of amides is 1. The van der Waals surface area contributed by atoms with E-state index < -0.39 is 0 Å². The van der Waals surface area contributed by atoms with Gasteiger partial charge in [-0.25, -0.2) is 0 Å². The molecule has 2 rings (SSSR count). The molecule has 1 fully saturated rings. The van der Waals surface area contributed by atoms with Gasteiger partial charge in [-0.3, -0.25) is 4.79 Å². The topological polar surface area (TPSA) is 38.8 Å². The summed E-state index contributed by atoms with van der Waals surface area (Å²) in [5, 5.41) is 0. The maximum Gasteiger partial charge on any atom is 0.242 e. The molecule has 0 spiro atoms. The van der Waals surface area contributed by atoms with Gasteiger partial charge >= 0.3 is 0 Å². The zero-order valence-electron chi connectivity index (χ0n) is 11.5. The Morgan fingerprint density at radius 1 is 1.45 bits per heavy atom. The summed E-state index contributed by atoms with van der Waals surface area (Å²) < 4.78 is 11.6. The molecule has 1 heterocycles. The summed E-state index contributed by atoms with van der Waals surface area (Å²) in [5.41, 5.74) is 2.94. The summed E-state index contributed by atoms with van der Waals surface area (Å²) >= 11 is 9.21. The molecule has 1 aliphatic rings. The summed E-state index contributed by atoms with van der Waals surface area (Å²) in [4.78, 5) is 13.9. The monoisotopic (exact) mass is 361 g/mol. The fraction of sp³-hybridized carbons (Fsp3) is 0.500. The van der Waals surface area contributed by atoms with Crippen LogP contribution in [0.4, 0.5) is 5.69 Å². The lowest BCUT2D eigenvalue weighted by Gasteiger charge is -2.27. The van der Waals surface area contributed by atoms with Crippen LogP contribution >= 0.6 is 27.5 Å². The maximum atomic E-state index is 12.2. The number of carbonyl (C=O) groups is 1. The number of aryl methyl sites for hydroxylation is 2. The number of benzene rings is 1. The molecule has 0 radical (unpaired) electrons. The third-order valence-electron chi connectivity index (χ3n) is 3.22. The van der Waals surface area contributed by atoms with Gasteiger partial charge in [0, 0.05) is 10.2 Å². The van der Waals surface area contributed by atoms with Crippen LogP contribution in [0.3, 0.4) is 0 Å². The van der Waals surface area contributed by atoms with E-state index in [-0.39, 0.29) is 24.7 Å². The average molecular weight is 363 g/mol. The number of halogens is 2. The van der Waals surface area contributed by atoms with Crippen LogP contribution in [0.2, 0.25) is 0 Å². The largest absolute Gasteiger partial charge is 0.353 e. The van der Waals surface area contributed by atoms with E-state index in [0.29, 0.717) is 13.2 Å². The van der Waals surface area contributed by atoms with E-state index in [4.69, 9.17) is 21.1 Å². The molecule has 1 aromatic rings. The van der Waals surface area contributed by atoms with Gasteiger partial charge in [-0.05, 0) is 37.1 Å². The number of rotatable bonds is 4. The third kappa shape index (κ3) is 3.52. The standard InChI is InChI=1S/C14H17BrClNO3/c1-9-3-11(15)4-10(2)14(9)17(13(18)5-16)6-12-7-19-8-20-12/h3-4,12H,5-8H2,1-2H3. The van der Waals surface area contributed by atoms with Gasteiger partial charge in [0.15, 0.2) is 0 Å². The Morgan fingerprint density at radius 3 is 2.60 bits per heavy atom. The molecule has 1 aromatic carbocycles. The molecular weight excluding hydrogens is 346 g/mol. The summed E-state index contributed by atoms with van der Waals surface area (Å²) in [6.45, 7) is 5.20. The van der Waals surface area contributed by atoms with Crippen molar-refractivity contribution < 1.29 is 14.3 Å². The van der Waals surface area contributed by atoms with Crippen LogP contribution in [0.5, 0.6) is 0 Å². The number of hydrogen-bond donors (Lipinski definition) is 0. The number of carbonyl (C=O) groups excluding carboxylic acids is 1. The first kappa shape index (κ1) is 15.8. The number of alkyl halides is 1. The van der Waals surface area contributed by atoms with Crippen LogP contribution in [0, 0.1) is 13.8 Å². The molecule has 110 valence electrons. The molecule has 1 atom stereocenters. The lowest BCUT2D eigenvalue weighted by molar-refractivity contribution is -0.116. The SMILES string of the molecule is Cc1cc(Br)cc(C)c1N(CC1COCO1)C(=O)CCl. The molecule has 1 amide bonds. The highest BCUT2D eigenvalue weighted by Gasteiger charge is 2.26. The first-order valence-electron chi connectivity index (χ1n) is 6.35. The Morgan fingerprint density at radius 2 is 2.10 bits per heavy atom. The molecule has 4 nitrogen and oxygen atoms in total. The third-order valence-corrected chi connectivity index (χ3v) is 3.90. The summed E-state index contributed by atoms with van der Waals surface area (Å²) in [7, 11) is 0. The van der Waals surface area contributed by atoms with Crippen molar-refractivity contribution in [3.05, 3.63) is 27.7 Å². The number of hydrogen-bond acceptors (Lipinski definition) is 3. The Hall–Kier alpha value is -0.620. The van der Waals surface area contributed by atoms with Gasteiger partial charge in [-0.2, -0.15) is 0 Å². The lowest BCUT2D eigenvalue weighted by Crippen LogP contribution is -2.40. The van der Waals surface area contributed by atoms with E-state index in [1.165, 1.54) is 0 Å². The first-order chi connectivity index (χ1) is 9.52. The van der Waals surface area contributed by atoms with Crippen molar-refractivity contribution in [3.8, 4) is 0 Å². The van der Waals surface area contributed by atoms with Crippen LogP contribution in [0.15, 0.2) is 16.6 Å². The van der Waals surface area contributed by atoms with E-state index in [9.17, 15) is 4.79 Å². The predicted octanol–water partition coefficient (Wildman–Crippen LogP) is 3.01. The second kappa shape index (κ2) is 6.89. The van der Waals surface area contributed by atoms with Crippen LogP contribution in [-0.2, 0) is 14.3 Å². The van der Waals surface area contributed by atoms with Gasteiger partial charge in [-0.1, -0.05) is 15.9 Å². The highest BCUT2D eigenvalue weighted by molar-refractivity contribution is 9.10. The quantitative estimate of drug-likeness (QED) is 0.773. The predicted molar refractivity (Wildman–Crippen MR) is 82.4 cm³/mol. The molecule has 0 bridgehead atoms. The Bertz CT molecular complexity index is 480. The van der Waals surface area contributed by atoms with Gasteiger partial charge < -0.3 is 14.4 Å². The first-order valence-corrected chi connectivity index (χ1v) is 7.68. The summed E-state index contributed by atoms with van der Waals surface area (Å²) in [6, 6.07) is 3.98. The second-order valence-corrected chi connectivity index (χ2v) is 5.99. The number of ether oxygens (including phenoxy) is 2. The lowest BCUT2D eigenvalue weighted by atomic mass is 10.1. The molecule has 1 unspecified atom stereocenters. The zero-order chi connectivity index (χ0) is 14.7. The Balaban J connectivity index is 2.33. The van der Waals surface area contributed by atoms with E-state index in [0.717, 1.165) is 21.3 Å². The van der Waals surface area contributed by atoms with E-state index in [1.807, 2.05) is 26.0 Å². The molecule has 0 N–H and O–H groups in total. The van der Waals surface area contributed by atoms with E-state index in [2.05, 4.69) is 15.9 Å². The van der Waals surface area contributed by atoms with Gasteiger partial charge in [0.1, 0.15) is 18.8 Å². The van der Waals surface area contributed by atoms with Crippen molar-refractivity contribution >= 4 is 39.1 Å². The second-order valence-electron chi connectivity index (χ2n) is 4.80. The maximum absolute atomic E-state index is 12.2. The Labute approximate surface area is 132 Å². The highest BCUT2D eigenvalue weighted by Crippen LogP contribution is 2.29. The van der Waals surface area contributed by atoms with Crippen molar-refractivity contribution in [1.82, 2.24) is 0 Å². The normalized spacial score (nSPS) is 18.3. The van der Waals surface area contributed by atoms with Gasteiger partial charge in [0.25, 0.3) is 0 Å². The summed E-state index contributed by atoms with van der Waals surface area (Å²) in [6.07, 6.45) is -0.107. The van der Waals surface area contributed by atoms with Crippen molar-refractivity contribution in [2.75, 3.05) is 30.7 Å². The van der Waals surface area contributed by atoms with Crippen molar-refractivity contribution in [1.29, 1.82) is 0 Å². The van der Waals surface area contributed by atoms with Crippen LogP contribution in [0.25, 0.3) is 0 Å². The number of nitrogens with zero attached hydrogens (tertiary/aromatic N) is 1. The van der Waals surface area contributed by atoms with E-state index >= 15 is 0 Å². The van der Waals surface area contributed by atoms with Crippen molar-refractivity contribution in [3.63, 3.8) is 0 Å². The van der Waals surface area contributed by atoms with Crippen molar-refractivity contribution in [2.45, 2.75) is 20.0 Å². The fourth-order valence-electron chi connectivity index (χ4n) is 2.40.